The zero-order valence-electron chi connectivity index (χ0n) is 8.42. The van der Waals surface area contributed by atoms with Crippen molar-refractivity contribution in [3.63, 3.8) is 0 Å². The highest BCUT2D eigenvalue weighted by Crippen LogP contribution is 2.36. The van der Waals surface area contributed by atoms with Gasteiger partial charge in [-0.1, -0.05) is 18.9 Å². The fourth-order valence-corrected chi connectivity index (χ4v) is 2.49. The SMILES string of the molecule is OC(c1ccc(Br)c(F)c1)C1CCCC1. The van der Waals surface area contributed by atoms with Gasteiger partial charge < -0.3 is 5.11 Å². The molecule has 1 atom stereocenters. The highest BCUT2D eigenvalue weighted by Gasteiger charge is 2.24. The van der Waals surface area contributed by atoms with Crippen LogP contribution in [0, 0.1) is 11.7 Å². The van der Waals surface area contributed by atoms with Crippen molar-refractivity contribution in [1.82, 2.24) is 0 Å². The normalized spacial score (nSPS) is 19.4. The van der Waals surface area contributed by atoms with Gasteiger partial charge in [-0.3, -0.25) is 0 Å². The van der Waals surface area contributed by atoms with E-state index in [0.29, 0.717) is 16.0 Å². The maximum atomic E-state index is 13.3. The summed E-state index contributed by atoms with van der Waals surface area (Å²) >= 11 is 3.11. The van der Waals surface area contributed by atoms with Gasteiger partial charge in [0.2, 0.25) is 0 Å². The predicted octanol–water partition coefficient (Wildman–Crippen LogP) is 3.81. The maximum absolute atomic E-state index is 13.3. The van der Waals surface area contributed by atoms with Gasteiger partial charge in [-0.2, -0.15) is 0 Å². The highest BCUT2D eigenvalue weighted by atomic mass is 79.9. The minimum absolute atomic E-state index is 0.301. The lowest BCUT2D eigenvalue weighted by Crippen LogP contribution is -2.09. The van der Waals surface area contributed by atoms with Gasteiger partial charge in [-0.15, -0.1) is 0 Å². The van der Waals surface area contributed by atoms with Gasteiger partial charge in [0.05, 0.1) is 10.6 Å². The molecule has 1 aliphatic carbocycles. The van der Waals surface area contributed by atoms with E-state index in [1.54, 1.807) is 12.1 Å². The van der Waals surface area contributed by atoms with Crippen LogP contribution in [0.2, 0.25) is 0 Å². The van der Waals surface area contributed by atoms with Crippen LogP contribution in [0.25, 0.3) is 0 Å². The third kappa shape index (κ3) is 2.40. The molecule has 1 unspecified atom stereocenters. The molecule has 0 aliphatic heterocycles. The second kappa shape index (κ2) is 4.62. The molecule has 0 radical (unpaired) electrons. The maximum Gasteiger partial charge on any atom is 0.137 e. The molecule has 0 spiro atoms. The molecular formula is C12H14BrFO. The van der Waals surface area contributed by atoms with Crippen LogP contribution in [0.4, 0.5) is 4.39 Å². The number of rotatable bonds is 2. The predicted molar refractivity (Wildman–Crippen MR) is 61.0 cm³/mol. The van der Waals surface area contributed by atoms with Crippen LogP contribution in [0.5, 0.6) is 0 Å². The molecule has 1 nitrogen and oxygen atoms in total. The Morgan fingerprint density at radius 1 is 1.33 bits per heavy atom. The van der Waals surface area contributed by atoms with Crippen molar-refractivity contribution in [3.8, 4) is 0 Å². The molecule has 0 aromatic heterocycles. The van der Waals surface area contributed by atoms with Crippen molar-refractivity contribution in [2.45, 2.75) is 31.8 Å². The van der Waals surface area contributed by atoms with E-state index >= 15 is 0 Å². The molecule has 3 heteroatoms. The van der Waals surface area contributed by atoms with E-state index in [2.05, 4.69) is 15.9 Å². The fourth-order valence-electron chi connectivity index (χ4n) is 2.24. The smallest absolute Gasteiger partial charge is 0.137 e. The van der Waals surface area contributed by atoms with Crippen LogP contribution in [0.1, 0.15) is 37.4 Å². The first-order valence-electron chi connectivity index (χ1n) is 5.31. The molecule has 0 bridgehead atoms. The van der Waals surface area contributed by atoms with Crippen molar-refractivity contribution in [2.75, 3.05) is 0 Å². The molecule has 1 aromatic rings. The summed E-state index contributed by atoms with van der Waals surface area (Å²) < 4.78 is 13.7. The van der Waals surface area contributed by atoms with Crippen LogP contribution in [-0.4, -0.2) is 5.11 Å². The van der Waals surface area contributed by atoms with Crippen molar-refractivity contribution in [2.24, 2.45) is 5.92 Å². The van der Waals surface area contributed by atoms with Gasteiger partial charge in [0, 0.05) is 0 Å². The van der Waals surface area contributed by atoms with Gasteiger partial charge in [0.15, 0.2) is 0 Å². The van der Waals surface area contributed by atoms with Crippen molar-refractivity contribution in [3.05, 3.63) is 34.1 Å². The number of benzene rings is 1. The van der Waals surface area contributed by atoms with E-state index in [9.17, 15) is 9.50 Å². The van der Waals surface area contributed by atoms with Gasteiger partial charge >= 0.3 is 0 Å². The molecule has 1 aliphatic rings. The monoisotopic (exact) mass is 272 g/mol. The third-order valence-electron chi connectivity index (χ3n) is 3.13. The lowest BCUT2D eigenvalue weighted by molar-refractivity contribution is 0.111. The number of hydrogen-bond donors (Lipinski definition) is 1. The lowest BCUT2D eigenvalue weighted by Gasteiger charge is -2.18. The van der Waals surface area contributed by atoms with E-state index in [1.165, 1.54) is 18.9 Å². The lowest BCUT2D eigenvalue weighted by atomic mass is 9.94. The van der Waals surface area contributed by atoms with Gasteiger partial charge in [-0.05, 0) is 52.4 Å². The van der Waals surface area contributed by atoms with Crippen LogP contribution in [-0.2, 0) is 0 Å². The van der Waals surface area contributed by atoms with E-state index in [-0.39, 0.29) is 5.82 Å². The minimum atomic E-state index is -0.505. The first-order valence-corrected chi connectivity index (χ1v) is 6.11. The molecule has 1 fully saturated rings. The molecule has 15 heavy (non-hydrogen) atoms. The Hall–Kier alpha value is -0.410. The highest BCUT2D eigenvalue weighted by molar-refractivity contribution is 9.10. The largest absolute Gasteiger partial charge is 0.388 e. The quantitative estimate of drug-likeness (QED) is 0.868. The molecule has 1 aromatic carbocycles. The topological polar surface area (TPSA) is 20.2 Å². The van der Waals surface area contributed by atoms with Crippen LogP contribution < -0.4 is 0 Å². The number of hydrogen-bond acceptors (Lipinski definition) is 1. The summed E-state index contributed by atoms with van der Waals surface area (Å²) in [6.07, 6.45) is 3.97. The molecule has 2 rings (SSSR count). The summed E-state index contributed by atoms with van der Waals surface area (Å²) in [5, 5.41) is 10.1. The van der Waals surface area contributed by atoms with Crippen molar-refractivity contribution < 1.29 is 9.50 Å². The van der Waals surface area contributed by atoms with E-state index in [4.69, 9.17) is 0 Å². The molecule has 82 valence electrons. The average Bonchev–Trinajstić information content (AvgIpc) is 2.74. The van der Waals surface area contributed by atoms with E-state index < -0.39 is 6.10 Å². The molecule has 0 amide bonds. The number of aliphatic hydroxyl groups is 1. The Balaban J connectivity index is 2.17. The van der Waals surface area contributed by atoms with Crippen LogP contribution in [0.15, 0.2) is 22.7 Å². The summed E-state index contributed by atoms with van der Waals surface area (Å²) in [5.41, 5.74) is 0.697. The van der Waals surface area contributed by atoms with Gasteiger partial charge in [0.25, 0.3) is 0 Å². The molecule has 1 saturated carbocycles. The summed E-state index contributed by atoms with van der Waals surface area (Å²) in [6, 6.07) is 4.87. The van der Waals surface area contributed by atoms with Crippen LogP contribution in [0.3, 0.4) is 0 Å². The Morgan fingerprint density at radius 2 is 2.00 bits per heavy atom. The Kier molecular flexibility index (Phi) is 3.42. The van der Waals surface area contributed by atoms with Gasteiger partial charge in [0.1, 0.15) is 5.82 Å². The first-order chi connectivity index (χ1) is 7.18. The average molecular weight is 273 g/mol. The van der Waals surface area contributed by atoms with Crippen LogP contribution >= 0.6 is 15.9 Å². The molecule has 0 saturated heterocycles. The fraction of sp³-hybridized carbons (Fsp3) is 0.500. The Labute approximate surface area is 97.4 Å². The minimum Gasteiger partial charge on any atom is -0.388 e. The zero-order valence-corrected chi connectivity index (χ0v) is 10.0. The van der Waals surface area contributed by atoms with E-state index in [1.807, 2.05) is 0 Å². The third-order valence-corrected chi connectivity index (χ3v) is 3.77. The van der Waals surface area contributed by atoms with Crippen molar-refractivity contribution >= 4 is 15.9 Å². The summed E-state index contributed by atoms with van der Waals surface area (Å²) in [5.74, 6) is 0.00937. The van der Waals surface area contributed by atoms with Crippen molar-refractivity contribution in [1.29, 1.82) is 0 Å². The summed E-state index contributed by atoms with van der Waals surface area (Å²) in [6.45, 7) is 0. The standard InChI is InChI=1S/C12H14BrFO/c13-10-6-5-9(7-11(10)14)12(15)8-3-1-2-4-8/h5-8,12,15H,1-4H2. The molecular weight excluding hydrogens is 259 g/mol. The Morgan fingerprint density at radius 3 is 2.60 bits per heavy atom. The van der Waals surface area contributed by atoms with E-state index in [0.717, 1.165) is 12.8 Å². The second-order valence-corrected chi connectivity index (χ2v) is 5.02. The van der Waals surface area contributed by atoms with Gasteiger partial charge in [-0.25, -0.2) is 4.39 Å². The molecule has 1 N–H and O–H groups in total. The second-order valence-electron chi connectivity index (χ2n) is 4.16. The first kappa shape index (κ1) is 11.1. The summed E-state index contributed by atoms with van der Waals surface area (Å²) in [7, 11) is 0. The zero-order chi connectivity index (χ0) is 10.8. The Bertz CT molecular complexity index is 347. The summed E-state index contributed by atoms with van der Waals surface area (Å²) in [4.78, 5) is 0. The number of aliphatic hydroxyl groups excluding tert-OH is 1. The molecule has 0 heterocycles. The number of halogens is 2.